The van der Waals surface area contributed by atoms with E-state index < -0.39 is 11.6 Å². The van der Waals surface area contributed by atoms with Crippen LogP contribution in [0.2, 0.25) is 0 Å². The second-order valence-corrected chi connectivity index (χ2v) is 6.21. The van der Waals surface area contributed by atoms with Gasteiger partial charge in [0.2, 0.25) is 17.8 Å². The van der Waals surface area contributed by atoms with Crippen LogP contribution in [0.15, 0.2) is 57.7 Å². The Morgan fingerprint density at radius 1 is 1.10 bits per heavy atom. The van der Waals surface area contributed by atoms with E-state index >= 15 is 0 Å². The molecule has 0 unspecified atom stereocenters. The summed E-state index contributed by atoms with van der Waals surface area (Å²) in [4.78, 5) is 24.6. The molecule has 0 aliphatic heterocycles. The van der Waals surface area contributed by atoms with Crippen LogP contribution < -0.4 is 16.8 Å². The van der Waals surface area contributed by atoms with Crippen LogP contribution in [0, 0.1) is 12.7 Å². The zero-order chi connectivity index (χ0) is 20.4. The summed E-state index contributed by atoms with van der Waals surface area (Å²) >= 11 is 0. The molecule has 0 radical (unpaired) electrons. The third-order valence-electron chi connectivity index (χ3n) is 4.08. The molecule has 2 heterocycles. The second kappa shape index (κ2) is 7.50. The van der Waals surface area contributed by atoms with E-state index in [0.29, 0.717) is 5.56 Å². The van der Waals surface area contributed by atoms with Crippen molar-refractivity contribution < 1.29 is 8.81 Å². The molecule has 9 nitrogen and oxygen atoms in total. The topological polar surface area (TPSA) is 125 Å². The van der Waals surface area contributed by atoms with Crippen molar-refractivity contribution in [1.29, 1.82) is 0 Å². The molecule has 146 valence electrons. The van der Waals surface area contributed by atoms with Crippen LogP contribution in [0.4, 0.5) is 22.0 Å². The number of para-hydroxylation sites is 1. The number of benzene rings is 2. The van der Waals surface area contributed by atoms with Gasteiger partial charge in [-0.05, 0) is 42.8 Å². The molecule has 0 atom stereocenters. The number of nitrogens with zero attached hydrogens (tertiary/aromatic N) is 5. The molecule has 0 aliphatic rings. The van der Waals surface area contributed by atoms with Gasteiger partial charge in [0.15, 0.2) is 5.82 Å². The number of anilines is 3. The van der Waals surface area contributed by atoms with Crippen molar-refractivity contribution in [1.82, 2.24) is 24.7 Å². The molecule has 0 aliphatic carbocycles. The highest BCUT2D eigenvalue weighted by Gasteiger charge is 2.13. The Morgan fingerprint density at radius 2 is 1.86 bits per heavy atom. The molecule has 2 aromatic carbocycles. The number of hydrogen-bond donors (Lipinski definition) is 2. The normalized spacial score (nSPS) is 10.8. The summed E-state index contributed by atoms with van der Waals surface area (Å²) in [5.41, 5.74) is 8.08. The van der Waals surface area contributed by atoms with Crippen LogP contribution in [0.1, 0.15) is 11.4 Å². The van der Waals surface area contributed by atoms with E-state index in [1.807, 2.05) is 31.2 Å². The molecule has 0 amide bonds. The van der Waals surface area contributed by atoms with Crippen LogP contribution in [-0.2, 0) is 6.54 Å². The molecule has 4 aromatic rings. The van der Waals surface area contributed by atoms with Crippen LogP contribution in [0.3, 0.4) is 0 Å². The van der Waals surface area contributed by atoms with E-state index in [9.17, 15) is 9.18 Å². The zero-order valence-corrected chi connectivity index (χ0v) is 15.3. The van der Waals surface area contributed by atoms with E-state index in [4.69, 9.17) is 10.2 Å². The molecule has 10 heteroatoms. The van der Waals surface area contributed by atoms with Crippen molar-refractivity contribution in [3.63, 3.8) is 0 Å². The third kappa shape index (κ3) is 4.10. The Kier molecular flexibility index (Phi) is 4.73. The summed E-state index contributed by atoms with van der Waals surface area (Å²) in [5.74, 6) is -0.551. The summed E-state index contributed by atoms with van der Waals surface area (Å²) in [5, 5.41) is 7.20. The van der Waals surface area contributed by atoms with Gasteiger partial charge in [-0.2, -0.15) is 19.6 Å². The second-order valence-electron chi connectivity index (χ2n) is 6.21. The monoisotopic (exact) mass is 393 g/mol. The molecule has 0 saturated carbocycles. The Morgan fingerprint density at radius 3 is 2.62 bits per heavy atom. The van der Waals surface area contributed by atoms with Crippen molar-refractivity contribution in [3.8, 4) is 11.5 Å². The predicted molar refractivity (Wildman–Crippen MR) is 104 cm³/mol. The molecule has 0 fully saturated rings. The standard InChI is InChI=1S/C19H16FN7O2/c1-11-4-2-3-5-14(11)22-18-24-15(23-17(21)25-18)10-27-19(28)29-16(26-27)12-6-8-13(20)9-7-12/h2-9H,10H2,1H3,(H3,21,22,23,24,25). The fourth-order valence-electron chi connectivity index (χ4n) is 2.65. The van der Waals surface area contributed by atoms with Crippen molar-refractivity contribution in [2.45, 2.75) is 13.5 Å². The van der Waals surface area contributed by atoms with Crippen molar-refractivity contribution in [2.75, 3.05) is 11.1 Å². The van der Waals surface area contributed by atoms with Gasteiger partial charge in [0.25, 0.3) is 0 Å². The van der Waals surface area contributed by atoms with Gasteiger partial charge in [0.1, 0.15) is 12.4 Å². The van der Waals surface area contributed by atoms with Crippen molar-refractivity contribution in [2.24, 2.45) is 0 Å². The molecule has 29 heavy (non-hydrogen) atoms. The lowest BCUT2D eigenvalue weighted by molar-refractivity contribution is 0.491. The lowest BCUT2D eigenvalue weighted by Crippen LogP contribution is -2.19. The van der Waals surface area contributed by atoms with Gasteiger partial charge in [-0.3, -0.25) is 0 Å². The van der Waals surface area contributed by atoms with E-state index in [-0.39, 0.29) is 30.2 Å². The van der Waals surface area contributed by atoms with Gasteiger partial charge in [-0.25, -0.2) is 9.18 Å². The summed E-state index contributed by atoms with van der Waals surface area (Å²) < 4.78 is 19.3. The smallest absolute Gasteiger partial charge is 0.388 e. The fraction of sp³-hybridized carbons (Fsp3) is 0.105. The van der Waals surface area contributed by atoms with Crippen molar-refractivity contribution >= 4 is 17.6 Å². The zero-order valence-electron chi connectivity index (χ0n) is 15.3. The molecule has 0 saturated heterocycles. The number of nitrogen functional groups attached to an aromatic ring is 1. The molecule has 0 bridgehead atoms. The first kappa shape index (κ1) is 18.3. The number of aromatic nitrogens is 5. The van der Waals surface area contributed by atoms with E-state index in [1.165, 1.54) is 24.3 Å². The number of nitrogens with two attached hydrogens (primary N) is 1. The molecule has 2 aromatic heterocycles. The van der Waals surface area contributed by atoms with Gasteiger partial charge in [-0.15, -0.1) is 5.10 Å². The Hall–Kier alpha value is -4.08. The lowest BCUT2D eigenvalue weighted by Gasteiger charge is -2.09. The summed E-state index contributed by atoms with van der Waals surface area (Å²) in [6.45, 7) is 1.87. The number of halogens is 1. The van der Waals surface area contributed by atoms with E-state index in [2.05, 4.69) is 25.4 Å². The average Bonchev–Trinajstić information content (AvgIpc) is 3.04. The van der Waals surface area contributed by atoms with Gasteiger partial charge in [0, 0.05) is 11.3 Å². The van der Waals surface area contributed by atoms with Crippen molar-refractivity contribution in [3.05, 3.63) is 76.3 Å². The first-order chi connectivity index (χ1) is 14.0. The quantitative estimate of drug-likeness (QED) is 0.530. The maximum atomic E-state index is 13.1. The Bertz CT molecular complexity index is 1220. The summed E-state index contributed by atoms with van der Waals surface area (Å²) in [6.07, 6.45) is 0. The Balaban J connectivity index is 1.60. The summed E-state index contributed by atoms with van der Waals surface area (Å²) in [7, 11) is 0. The molecule has 0 spiro atoms. The van der Waals surface area contributed by atoms with Crippen LogP contribution >= 0.6 is 0 Å². The Labute approximate surface area is 164 Å². The molecule has 4 rings (SSSR count). The maximum Gasteiger partial charge on any atom is 0.437 e. The SMILES string of the molecule is Cc1ccccc1Nc1nc(N)nc(Cn2nc(-c3ccc(F)cc3)oc2=O)n1. The molecule has 3 N–H and O–H groups in total. The minimum Gasteiger partial charge on any atom is -0.388 e. The third-order valence-corrected chi connectivity index (χ3v) is 4.08. The largest absolute Gasteiger partial charge is 0.437 e. The minimum absolute atomic E-state index is 0.00128. The first-order valence-corrected chi connectivity index (χ1v) is 8.65. The lowest BCUT2D eigenvalue weighted by atomic mass is 10.2. The first-order valence-electron chi connectivity index (χ1n) is 8.65. The maximum absolute atomic E-state index is 13.1. The minimum atomic E-state index is -0.697. The highest BCUT2D eigenvalue weighted by Crippen LogP contribution is 2.18. The van der Waals surface area contributed by atoms with Gasteiger partial charge >= 0.3 is 5.76 Å². The number of aryl methyl sites for hydroxylation is 1. The van der Waals surface area contributed by atoms with E-state index in [1.54, 1.807) is 0 Å². The van der Waals surface area contributed by atoms with Crippen LogP contribution in [0.25, 0.3) is 11.5 Å². The predicted octanol–water partition coefficient (Wildman–Crippen LogP) is 2.51. The number of hydrogen-bond acceptors (Lipinski definition) is 8. The van der Waals surface area contributed by atoms with Crippen LogP contribution in [0.5, 0.6) is 0 Å². The summed E-state index contributed by atoms with van der Waals surface area (Å²) in [6, 6.07) is 13.1. The fourth-order valence-corrected chi connectivity index (χ4v) is 2.65. The molecular weight excluding hydrogens is 377 g/mol. The highest BCUT2D eigenvalue weighted by atomic mass is 19.1. The van der Waals surface area contributed by atoms with E-state index in [0.717, 1.165) is 15.9 Å². The molecular formula is C19H16FN7O2. The highest BCUT2D eigenvalue weighted by molar-refractivity contribution is 5.58. The number of nitrogens with one attached hydrogen (secondary N) is 1. The number of rotatable bonds is 5. The van der Waals surface area contributed by atoms with Gasteiger partial charge in [0.05, 0.1) is 0 Å². The van der Waals surface area contributed by atoms with Gasteiger partial charge < -0.3 is 15.5 Å². The van der Waals surface area contributed by atoms with Gasteiger partial charge in [-0.1, -0.05) is 18.2 Å². The van der Waals surface area contributed by atoms with Crippen LogP contribution in [-0.4, -0.2) is 24.7 Å². The average molecular weight is 393 g/mol.